The average molecular weight is 774 g/mol. The first-order valence-electron chi connectivity index (χ1n) is 19.9. The summed E-state index contributed by atoms with van der Waals surface area (Å²) in [6.45, 7) is 6.64. The number of nitrogens with one attached hydrogen (secondary N) is 2. The van der Waals surface area contributed by atoms with Crippen LogP contribution in [0.3, 0.4) is 0 Å². The largest absolute Gasteiger partial charge is 0.460 e. The number of amides is 3. The number of anilines is 1. The number of halogens is 1. The third-order valence-corrected chi connectivity index (χ3v) is 11.3. The summed E-state index contributed by atoms with van der Waals surface area (Å²) in [5.74, 6) is -0.942. The lowest BCUT2D eigenvalue weighted by Gasteiger charge is -2.38. The number of nitrogens with zero attached hydrogens (tertiary/aromatic N) is 1. The number of likely N-dealkylation sites (tertiary alicyclic amines) is 1. The van der Waals surface area contributed by atoms with Gasteiger partial charge in [-0.2, -0.15) is 0 Å². The molecule has 3 fully saturated rings. The molecule has 0 spiro atoms. The fourth-order valence-electron chi connectivity index (χ4n) is 8.47. The third kappa shape index (κ3) is 11.6. The number of alkyl carbamates (subject to hydrolysis) is 1. The van der Waals surface area contributed by atoms with Gasteiger partial charge in [0.25, 0.3) is 0 Å². The molecule has 2 aliphatic carbocycles. The van der Waals surface area contributed by atoms with Gasteiger partial charge in [-0.1, -0.05) is 0 Å². The van der Waals surface area contributed by atoms with Gasteiger partial charge < -0.3 is 43.6 Å². The topological polar surface area (TPSA) is 155 Å². The van der Waals surface area contributed by atoms with E-state index in [1.54, 1.807) is 64.2 Å². The molecule has 3 atom stereocenters. The minimum absolute atomic E-state index is 0.00329. The van der Waals surface area contributed by atoms with E-state index in [1.165, 1.54) is 0 Å². The second kappa shape index (κ2) is 19.9. The van der Waals surface area contributed by atoms with Crippen LogP contribution in [0.15, 0.2) is 28.7 Å². The van der Waals surface area contributed by atoms with E-state index in [1.807, 2.05) is 0 Å². The molecule has 3 aliphatic rings. The van der Waals surface area contributed by atoms with E-state index in [-0.39, 0.29) is 54.0 Å². The first-order chi connectivity index (χ1) is 26.4. The Morgan fingerprint density at radius 2 is 1.67 bits per heavy atom. The second-order valence-corrected chi connectivity index (χ2v) is 16.2. The van der Waals surface area contributed by atoms with Crippen LogP contribution in [-0.2, 0) is 33.3 Å². The van der Waals surface area contributed by atoms with Gasteiger partial charge in [-0.05, 0) is 121 Å². The maximum absolute atomic E-state index is 14.3. The molecule has 2 saturated carbocycles. The van der Waals surface area contributed by atoms with Gasteiger partial charge in [-0.15, -0.1) is 0 Å². The smallest absolute Gasteiger partial charge is 0.407 e. The minimum Gasteiger partial charge on any atom is -0.460 e. The zero-order chi connectivity index (χ0) is 39.5. The first-order valence-corrected chi connectivity index (χ1v) is 19.9. The van der Waals surface area contributed by atoms with Crippen LogP contribution in [0, 0.1) is 23.7 Å². The Balaban J connectivity index is 1.23. The number of carbonyl (C=O) groups is 4. The summed E-state index contributed by atoms with van der Waals surface area (Å²) in [7, 11) is 3.34. The number of benzene rings is 1. The van der Waals surface area contributed by atoms with Gasteiger partial charge >= 0.3 is 12.1 Å². The van der Waals surface area contributed by atoms with Crippen LogP contribution in [0.1, 0.15) is 95.5 Å². The van der Waals surface area contributed by atoms with Crippen LogP contribution in [0.2, 0.25) is 0 Å². The number of ether oxygens (including phenoxy) is 5. The highest BCUT2D eigenvalue weighted by Crippen LogP contribution is 2.42. The van der Waals surface area contributed by atoms with Crippen molar-refractivity contribution in [3.8, 4) is 0 Å². The summed E-state index contributed by atoms with van der Waals surface area (Å²) >= 11 is 0. The molecular weight excluding hydrogens is 713 g/mol. The van der Waals surface area contributed by atoms with Crippen LogP contribution in [0.4, 0.5) is 14.9 Å². The van der Waals surface area contributed by atoms with Crippen LogP contribution in [0.5, 0.6) is 0 Å². The quantitative estimate of drug-likeness (QED) is 0.140. The highest BCUT2D eigenvalue weighted by molar-refractivity contribution is 6.00. The van der Waals surface area contributed by atoms with Gasteiger partial charge in [0.1, 0.15) is 23.9 Å². The minimum atomic E-state index is -0.717. The number of fused-ring (bicyclic) bond motifs is 1. The molecule has 3 amide bonds. The lowest BCUT2D eigenvalue weighted by atomic mass is 9.75. The maximum Gasteiger partial charge on any atom is 0.407 e. The predicted molar refractivity (Wildman–Crippen MR) is 203 cm³/mol. The number of hydrogen-bond donors (Lipinski definition) is 2. The SMILES string of the molecule is COCCOCCCOC(=O)c1cc2cc(NC(=O)[C@@H]3[C@H](C4CCC(OC)CC4)CCN3C(=O)[C@H]3CC[C@H]([C@@H](CF)NC(=O)OC(C)(C)C)CC3)ccc2o1. The van der Waals surface area contributed by atoms with Crippen LogP contribution in [-0.4, -0.2) is 106 Å². The van der Waals surface area contributed by atoms with E-state index in [0.717, 1.165) is 32.1 Å². The van der Waals surface area contributed by atoms with E-state index in [4.69, 9.17) is 28.1 Å². The van der Waals surface area contributed by atoms with Crippen LogP contribution < -0.4 is 10.6 Å². The Morgan fingerprint density at radius 1 is 0.927 bits per heavy atom. The summed E-state index contributed by atoms with van der Waals surface area (Å²) in [5.41, 5.74) is 0.314. The highest BCUT2D eigenvalue weighted by Gasteiger charge is 2.47. The van der Waals surface area contributed by atoms with Crippen molar-refractivity contribution in [2.45, 2.75) is 109 Å². The van der Waals surface area contributed by atoms with Crippen molar-refractivity contribution in [2.75, 3.05) is 59.2 Å². The van der Waals surface area contributed by atoms with Crippen molar-refractivity contribution in [2.24, 2.45) is 23.7 Å². The van der Waals surface area contributed by atoms with E-state index in [0.29, 0.717) is 75.1 Å². The normalized spacial score (nSPS) is 25.0. The fraction of sp³-hybridized carbons (Fsp3) is 0.707. The molecule has 2 heterocycles. The summed E-state index contributed by atoms with van der Waals surface area (Å²) in [6, 6.07) is 5.44. The Labute approximate surface area is 323 Å². The number of furan rings is 1. The Kier molecular flexibility index (Phi) is 15.3. The Hall–Kier alpha value is -3.75. The van der Waals surface area contributed by atoms with Crippen LogP contribution in [0.25, 0.3) is 11.0 Å². The van der Waals surface area contributed by atoms with Gasteiger partial charge in [0, 0.05) is 50.8 Å². The molecule has 55 heavy (non-hydrogen) atoms. The Morgan fingerprint density at radius 3 is 2.35 bits per heavy atom. The van der Waals surface area contributed by atoms with Crippen molar-refractivity contribution >= 4 is 40.5 Å². The predicted octanol–water partition coefficient (Wildman–Crippen LogP) is 6.67. The molecule has 2 N–H and O–H groups in total. The van der Waals surface area contributed by atoms with Crippen molar-refractivity contribution in [1.82, 2.24) is 10.2 Å². The van der Waals surface area contributed by atoms with Gasteiger partial charge in [-0.3, -0.25) is 9.59 Å². The average Bonchev–Trinajstić information content (AvgIpc) is 3.81. The van der Waals surface area contributed by atoms with Crippen molar-refractivity contribution in [3.63, 3.8) is 0 Å². The van der Waals surface area contributed by atoms with Gasteiger partial charge in [0.2, 0.25) is 17.6 Å². The molecule has 0 unspecified atom stereocenters. The summed E-state index contributed by atoms with van der Waals surface area (Å²) in [5, 5.41) is 6.41. The number of carbonyl (C=O) groups excluding carboxylic acids is 4. The standard InChI is InChI=1S/C41H60FN3O10/c1-41(2,3)55-40(49)44-33(25-42)27-7-9-28(10-8-27)38(47)45-18-17-32(26-11-14-31(51-5)15-12-26)36(45)37(46)43-30-13-16-34-29(23-30)24-35(54-34)39(48)53-20-6-19-52-22-21-50-4/h13,16,23-24,26-28,31-33,36H,6-12,14-15,17-22,25H2,1-5H3,(H,43,46)(H,44,49)/t26?,27-,28-,31?,32-,33+,36-/m0/s1. The molecule has 1 aromatic heterocycles. The summed E-state index contributed by atoms with van der Waals surface area (Å²) in [6.07, 6.45) is 6.79. The van der Waals surface area contributed by atoms with Gasteiger partial charge in [0.05, 0.1) is 32.0 Å². The molecular formula is C41H60FN3O10. The molecule has 1 saturated heterocycles. The van der Waals surface area contributed by atoms with E-state index in [2.05, 4.69) is 10.6 Å². The van der Waals surface area contributed by atoms with Crippen LogP contribution >= 0.6 is 0 Å². The molecule has 2 aromatic rings. The zero-order valence-electron chi connectivity index (χ0n) is 33.1. The summed E-state index contributed by atoms with van der Waals surface area (Å²) < 4.78 is 46.5. The lowest BCUT2D eigenvalue weighted by Crippen LogP contribution is -2.50. The van der Waals surface area contributed by atoms with Gasteiger partial charge in [0.15, 0.2) is 0 Å². The Bertz CT molecular complexity index is 1580. The van der Waals surface area contributed by atoms with Crippen molar-refractivity contribution in [3.05, 3.63) is 30.0 Å². The van der Waals surface area contributed by atoms with E-state index < -0.39 is 36.4 Å². The number of methoxy groups -OCH3 is 2. The molecule has 14 heteroatoms. The zero-order valence-corrected chi connectivity index (χ0v) is 33.1. The third-order valence-electron chi connectivity index (χ3n) is 11.3. The van der Waals surface area contributed by atoms with E-state index in [9.17, 15) is 23.6 Å². The number of hydrogen-bond acceptors (Lipinski definition) is 10. The maximum atomic E-state index is 14.3. The van der Waals surface area contributed by atoms with Crippen molar-refractivity contribution in [1.29, 1.82) is 0 Å². The molecule has 0 bridgehead atoms. The molecule has 13 nitrogen and oxygen atoms in total. The molecule has 0 radical (unpaired) electrons. The molecule has 306 valence electrons. The molecule has 1 aromatic carbocycles. The molecule has 5 rings (SSSR count). The van der Waals surface area contributed by atoms with Gasteiger partial charge in [-0.25, -0.2) is 14.0 Å². The lowest BCUT2D eigenvalue weighted by molar-refractivity contribution is -0.142. The second-order valence-electron chi connectivity index (χ2n) is 16.2. The first kappa shape index (κ1) is 42.4. The number of rotatable bonds is 16. The number of esters is 1. The number of alkyl halides is 1. The highest BCUT2D eigenvalue weighted by atomic mass is 19.1. The monoisotopic (exact) mass is 773 g/mol. The van der Waals surface area contributed by atoms with Crippen molar-refractivity contribution < 1.29 is 51.7 Å². The van der Waals surface area contributed by atoms with E-state index >= 15 is 0 Å². The molecule has 1 aliphatic heterocycles. The summed E-state index contributed by atoms with van der Waals surface area (Å²) in [4.78, 5) is 55.4. The fourth-order valence-corrected chi connectivity index (χ4v) is 8.47.